The van der Waals surface area contributed by atoms with Gasteiger partial charge in [-0.3, -0.25) is 9.69 Å². The highest BCUT2D eigenvalue weighted by atomic mass is 32.1. The molecule has 3 aliphatic heterocycles. The van der Waals surface area contributed by atoms with E-state index in [0.29, 0.717) is 30.0 Å². The zero-order chi connectivity index (χ0) is 36.9. The van der Waals surface area contributed by atoms with Crippen molar-refractivity contribution in [2.24, 2.45) is 0 Å². The summed E-state index contributed by atoms with van der Waals surface area (Å²) in [6.07, 6.45) is -4.52. The van der Waals surface area contributed by atoms with Gasteiger partial charge in [0, 0.05) is 62.2 Å². The van der Waals surface area contributed by atoms with Crippen molar-refractivity contribution in [3.63, 3.8) is 0 Å². The Morgan fingerprint density at radius 2 is 2.02 bits per heavy atom. The molecular formula is C34H30F6N9O2S-. The molecule has 2 unspecified atom stereocenters. The molecule has 2 fully saturated rings. The lowest BCUT2D eigenvalue weighted by Gasteiger charge is -2.43. The van der Waals surface area contributed by atoms with Crippen LogP contribution in [0.1, 0.15) is 46.6 Å². The molecule has 2 aromatic carbocycles. The van der Waals surface area contributed by atoms with E-state index >= 15 is 17.6 Å². The standard InChI is InChI=1S/C34H30F6N9O2S/c1-46(2)31(50)27-22-14-47(8-9-49(22)45-27)30-18-10-20(34(38,39)40)24(17-4-5-21(36)28-23(17)19(12-41)29(42)52-28)25(37)26(18)43-32(44-30)51-15-33-6-3-7-48(33)13-16(35)11-33/h4-5,10,16H,3,6-9,11,13-15H2,1-2H3,(H2,42,43,44)/q-1. The molecule has 0 bridgehead atoms. The van der Waals surface area contributed by atoms with E-state index < -0.39 is 51.7 Å². The normalized spacial score (nSPS) is 20.4. The number of nitrogens with two attached hydrogens (primary N) is 1. The lowest BCUT2D eigenvalue weighted by molar-refractivity contribution is -0.137. The Morgan fingerprint density at radius 1 is 1.23 bits per heavy atom. The number of carbonyl (C=O) groups is 1. The molecule has 1 amide bonds. The topological polar surface area (TPSA) is 131 Å². The lowest BCUT2D eigenvalue weighted by Crippen LogP contribution is -2.44. The van der Waals surface area contributed by atoms with Gasteiger partial charge in [0.2, 0.25) is 5.91 Å². The highest BCUT2D eigenvalue weighted by Gasteiger charge is 2.49. The molecule has 5 aromatic rings. The van der Waals surface area contributed by atoms with Crippen molar-refractivity contribution in [2.75, 3.05) is 51.0 Å². The largest absolute Gasteiger partial charge is 0.589 e. The van der Waals surface area contributed by atoms with Crippen molar-refractivity contribution in [3.8, 4) is 23.2 Å². The molecule has 8 rings (SSSR count). The first kappa shape index (κ1) is 34.1. The minimum atomic E-state index is -5.14. The fourth-order valence-electron chi connectivity index (χ4n) is 7.83. The van der Waals surface area contributed by atoms with Crippen LogP contribution in [0.15, 0.2) is 18.2 Å². The lowest BCUT2D eigenvalue weighted by atomic mass is 9.92. The van der Waals surface area contributed by atoms with Gasteiger partial charge in [0.15, 0.2) is 5.82 Å². The molecular weight excluding hydrogens is 712 g/mol. The van der Waals surface area contributed by atoms with Gasteiger partial charge in [-0.05, 0) is 42.8 Å². The second-order valence-corrected chi connectivity index (χ2v) is 14.6. The number of alkyl halides is 4. The number of rotatable bonds is 6. The highest BCUT2D eigenvalue weighted by Crippen LogP contribution is 2.48. The summed E-state index contributed by atoms with van der Waals surface area (Å²) in [6.45, 7) is 1.33. The molecule has 0 spiro atoms. The smallest absolute Gasteiger partial charge is 0.417 e. The molecule has 0 saturated carbocycles. The number of fused-ring (bicyclic) bond motifs is 4. The van der Waals surface area contributed by atoms with Gasteiger partial charge in [0.1, 0.15) is 41.0 Å². The van der Waals surface area contributed by atoms with Crippen molar-refractivity contribution in [3.05, 3.63) is 52.3 Å². The SMILES string of the molecule is CN(C)C(=O)c1[n-]n2c1CN(c1nc(OCC34CCCN3CC(F)C4)nc3c(F)c(-c4ccc(F)c5sc(N)c(C#N)c45)c(C(F)(F)F)cc13)CC2. The van der Waals surface area contributed by atoms with Crippen LogP contribution in [-0.4, -0.2) is 82.4 Å². The van der Waals surface area contributed by atoms with Crippen LogP contribution in [0.3, 0.4) is 0 Å². The number of nitrogen functional groups attached to an aromatic ring is 1. The van der Waals surface area contributed by atoms with E-state index in [1.54, 1.807) is 23.7 Å². The summed E-state index contributed by atoms with van der Waals surface area (Å²) in [7, 11) is 3.13. The molecule has 272 valence electrons. The monoisotopic (exact) mass is 742 g/mol. The number of hydrogen-bond acceptors (Lipinski definition) is 9. The third-order valence-electron chi connectivity index (χ3n) is 10.3. The molecule has 3 aliphatic rings. The predicted octanol–water partition coefficient (Wildman–Crippen LogP) is 5.70. The van der Waals surface area contributed by atoms with Crippen LogP contribution in [0.4, 0.5) is 37.2 Å². The molecule has 0 aliphatic carbocycles. The van der Waals surface area contributed by atoms with Gasteiger partial charge in [-0.25, -0.2) is 13.2 Å². The van der Waals surface area contributed by atoms with Crippen molar-refractivity contribution in [1.29, 1.82) is 5.26 Å². The molecule has 52 heavy (non-hydrogen) atoms. The van der Waals surface area contributed by atoms with E-state index in [1.807, 2.05) is 11.0 Å². The maximum absolute atomic E-state index is 17.1. The summed E-state index contributed by atoms with van der Waals surface area (Å²) in [5.41, 5.74) is 2.48. The van der Waals surface area contributed by atoms with E-state index in [0.717, 1.165) is 24.6 Å². The quantitative estimate of drug-likeness (QED) is 0.218. The molecule has 6 heterocycles. The number of thiophene rings is 1. The zero-order valence-electron chi connectivity index (χ0n) is 27.8. The molecule has 0 radical (unpaired) electrons. The number of ether oxygens (including phenoxy) is 1. The molecule has 2 atom stereocenters. The summed E-state index contributed by atoms with van der Waals surface area (Å²) in [5, 5.41) is 13.4. The number of nitrogens with zero attached hydrogens (tertiary/aromatic N) is 8. The van der Waals surface area contributed by atoms with Crippen LogP contribution in [-0.2, 0) is 19.3 Å². The van der Waals surface area contributed by atoms with E-state index in [1.165, 1.54) is 4.90 Å². The maximum Gasteiger partial charge on any atom is 0.417 e. The number of aromatic nitrogens is 4. The molecule has 11 nitrogen and oxygen atoms in total. The van der Waals surface area contributed by atoms with Crippen molar-refractivity contribution >= 4 is 49.1 Å². The van der Waals surface area contributed by atoms with E-state index in [9.17, 15) is 18.8 Å². The van der Waals surface area contributed by atoms with Crippen molar-refractivity contribution < 1.29 is 35.9 Å². The number of anilines is 2. The Hall–Kier alpha value is -5.02. The van der Waals surface area contributed by atoms with Gasteiger partial charge in [-0.15, -0.1) is 11.3 Å². The number of benzene rings is 2. The number of carbonyl (C=O) groups excluding carboxylic acids is 1. The van der Waals surface area contributed by atoms with Crippen LogP contribution in [0, 0.1) is 23.0 Å². The Morgan fingerprint density at radius 3 is 2.75 bits per heavy atom. The van der Waals surface area contributed by atoms with Crippen molar-refractivity contribution in [1.82, 2.24) is 29.5 Å². The fourth-order valence-corrected chi connectivity index (χ4v) is 8.78. The first-order valence-electron chi connectivity index (χ1n) is 16.4. The summed E-state index contributed by atoms with van der Waals surface area (Å²) in [5.74, 6) is -2.67. The number of nitriles is 1. The van der Waals surface area contributed by atoms with Gasteiger partial charge < -0.3 is 30.1 Å². The second kappa shape index (κ2) is 12.0. The Balaban J connectivity index is 1.33. The fraction of sp³-hybridized carbons (Fsp3) is 0.412. The van der Waals surface area contributed by atoms with Gasteiger partial charge in [-0.1, -0.05) is 6.07 Å². The molecule has 2 saturated heterocycles. The summed E-state index contributed by atoms with van der Waals surface area (Å²) in [6, 6.07) is 4.10. The number of amides is 1. The number of hydrogen-bond donors (Lipinski definition) is 1. The molecule has 3 aromatic heterocycles. The third kappa shape index (κ3) is 5.23. The van der Waals surface area contributed by atoms with Crippen LogP contribution in [0.25, 0.3) is 32.1 Å². The van der Waals surface area contributed by atoms with Crippen LogP contribution in [0.2, 0.25) is 0 Å². The van der Waals surface area contributed by atoms with E-state index in [-0.39, 0.29) is 88.7 Å². The van der Waals surface area contributed by atoms with Gasteiger partial charge in [0.05, 0.1) is 27.9 Å². The van der Waals surface area contributed by atoms with E-state index in [2.05, 4.69) is 15.1 Å². The summed E-state index contributed by atoms with van der Waals surface area (Å²) >= 11 is 0.671. The molecule has 18 heteroatoms. The highest BCUT2D eigenvalue weighted by molar-refractivity contribution is 7.23. The van der Waals surface area contributed by atoms with E-state index in [4.69, 9.17) is 10.5 Å². The van der Waals surface area contributed by atoms with Crippen LogP contribution in [0.5, 0.6) is 6.01 Å². The minimum Gasteiger partial charge on any atom is -0.589 e. The number of halogens is 6. The average Bonchev–Trinajstić information content (AvgIpc) is 3.73. The van der Waals surface area contributed by atoms with Gasteiger partial charge >= 0.3 is 12.2 Å². The van der Waals surface area contributed by atoms with Crippen LogP contribution < -0.4 is 20.5 Å². The average molecular weight is 743 g/mol. The Labute approximate surface area is 296 Å². The zero-order valence-corrected chi connectivity index (χ0v) is 28.6. The first-order valence-corrected chi connectivity index (χ1v) is 17.3. The third-order valence-corrected chi connectivity index (χ3v) is 11.3. The minimum absolute atomic E-state index is 0.00816. The van der Waals surface area contributed by atoms with Gasteiger partial charge in [-0.2, -0.15) is 28.4 Å². The Kier molecular flexibility index (Phi) is 7.88. The van der Waals surface area contributed by atoms with Crippen LogP contribution >= 0.6 is 11.3 Å². The van der Waals surface area contributed by atoms with Crippen molar-refractivity contribution in [2.45, 2.75) is 50.2 Å². The first-order chi connectivity index (χ1) is 24.7. The van der Waals surface area contributed by atoms with Gasteiger partial charge in [0.25, 0.3) is 0 Å². The predicted molar refractivity (Wildman–Crippen MR) is 180 cm³/mol. The maximum atomic E-state index is 17.1. The second-order valence-electron chi connectivity index (χ2n) is 13.6. The Bertz CT molecular complexity index is 2330. The molecule has 2 N–H and O–H groups in total. The summed E-state index contributed by atoms with van der Waals surface area (Å²) < 4.78 is 99.3. The summed E-state index contributed by atoms with van der Waals surface area (Å²) in [4.78, 5) is 26.6.